The quantitative estimate of drug-likeness (QED) is 0.786. The first-order valence-electron chi connectivity index (χ1n) is 8.11. The molecule has 6 nitrogen and oxygen atoms in total. The minimum absolute atomic E-state index is 0.146. The van der Waals surface area contributed by atoms with Crippen LogP contribution in [0.5, 0.6) is 0 Å². The van der Waals surface area contributed by atoms with Crippen LogP contribution in [-0.2, 0) is 13.5 Å². The van der Waals surface area contributed by atoms with Gasteiger partial charge in [0.2, 0.25) is 0 Å². The molecule has 0 aromatic carbocycles. The molecule has 3 aromatic rings. The normalized spacial score (nSPS) is 12.7. The molecule has 0 aliphatic heterocycles. The average molecular weight is 312 g/mol. The van der Waals surface area contributed by atoms with E-state index in [4.69, 9.17) is 0 Å². The lowest BCUT2D eigenvalue weighted by atomic mass is 10.1. The van der Waals surface area contributed by atoms with Gasteiger partial charge in [0.1, 0.15) is 5.82 Å². The summed E-state index contributed by atoms with van der Waals surface area (Å²) < 4.78 is 3.79. The van der Waals surface area contributed by atoms with Crippen molar-refractivity contribution in [2.24, 2.45) is 7.05 Å². The monoisotopic (exact) mass is 312 g/mol. The molecule has 6 heteroatoms. The zero-order valence-electron chi connectivity index (χ0n) is 14.5. The Bertz CT molecular complexity index is 829. The second-order valence-electron chi connectivity index (χ2n) is 6.06. The molecule has 0 spiro atoms. The Kier molecular flexibility index (Phi) is 4.07. The largest absolute Gasteiger partial charge is 0.363 e. The summed E-state index contributed by atoms with van der Waals surface area (Å²) in [6.07, 6.45) is 3.83. The van der Waals surface area contributed by atoms with Crippen LogP contribution < -0.4 is 5.32 Å². The third-order valence-electron chi connectivity index (χ3n) is 4.28. The summed E-state index contributed by atoms with van der Waals surface area (Å²) in [5, 5.41) is 12.5. The molecule has 0 aliphatic rings. The third-order valence-corrected chi connectivity index (χ3v) is 4.28. The van der Waals surface area contributed by atoms with Gasteiger partial charge < -0.3 is 5.32 Å². The fourth-order valence-corrected chi connectivity index (χ4v) is 3.16. The molecule has 0 radical (unpaired) electrons. The van der Waals surface area contributed by atoms with Gasteiger partial charge >= 0.3 is 0 Å². The summed E-state index contributed by atoms with van der Waals surface area (Å²) in [4.78, 5) is 4.65. The van der Waals surface area contributed by atoms with Crippen molar-refractivity contribution in [2.75, 3.05) is 5.32 Å². The first kappa shape index (κ1) is 15.5. The molecule has 3 heterocycles. The van der Waals surface area contributed by atoms with Gasteiger partial charge in [-0.05, 0) is 27.2 Å². The maximum atomic E-state index is 4.65. The Hall–Kier alpha value is -2.37. The van der Waals surface area contributed by atoms with Crippen LogP contribution in [0.15, 0.2) is 18.3 Å². The highest BCUT2D eigenvalue weighted by Gasteiger charge is 2.17. The molecule has 3 rings (SSSR count). The molecule has 0 bridgehead atoms. The summed E-state index contributed by atoms with van der Waals surface area (Å²) >= 11 is 0. The number of hydrogen-bond acceptors (Lipinski definition) is 4. The van der Waals surface area contributed by atoms with Crippen LogP contribution in [0, 0.1) is 13.8 Å². The third kappa shape index (κ3) is 2.81. The van der Waals surface area contributed by atoms with Gasteiger partial charge in [0.25, 0.3) is 0 Å². The molecule has 0 fully saturated rings. The number of aryl methyl sites for hydroxylation is 3. The van der Waals surface area contributed by atoms with E-state index in [0.29, 0.717) is 0 Å². The van der Waals surface area contributed by atoms with Crippen molar-refractivity contribution in [2.45, 2.75) is 46.6 Å². The predicted molar refractivity (Wildman–Crippen MR) is 91.7 cm³/mol. The van der Waals surface area contributed by atoms with E-state index < -0.39 is 0 Å². The van der Waals surface area contributed by atoms with E-state index in [1.807, 2.05) is 22.3 Å². The fraction of sp³-hybridized carbons (Fsp3) is 0.471. The Morgan fingerprint density at radius 2 is 2.09 bits per heavy atom. The molecular formula is C17H24N6. The van der Waals surface area contributed by atoms with Crippen molar-refractivity contribution < 1.29 is 0 Å². The first-order chi connectivity index (χ1) is 11.0. The van der Waals surface area contributed by atoms with E-state index >= 15 is 0 Å². The highest BCUT2D eigenvalue weighted by atomic mass is 15.3. The van der Waals surface area contributed by atoms with Gasteiger partial charge in [-0.25, -0.2) is 4.98 Å². The summed E-state index contributed by atoms with van der Waals surface area (Å²) in [6, 6.07) is 4.18. The van der Waals surface area contributed by atoms with Gasteiger partial charge in [-0.2, -0.15) is 14.7 Å². The van der Waals surface area contributed by atoms with Crippen molar-refractivity contribution in [1.82, 2.24) is 24.4 Å². The van der Waals surface area contributed by atoms with Crippen LogP contribution in [0.3, 0.4) is 0 Å². The Morgan fingerprint density at radius 3 is 2.74 bits per heavy atom. The van der Waals surface area contributed by atoms with Gasteiger partial charge in [0, 0.05) is 36.1 Å². The molecule has 0 saturated carbocycles. The summed E-state index contributed by atoms with van der Waals surface area (Å²) in [5.41, 5.74) is 5.45. The fourth-order valence-electron chi connectivity index (χ4n) is 3.16. The maximum Gasteiger partial charge on any atom is 0.157 e. The molecule has 0 aliphatic carbocycles. The Balaban J connectivity index is 1.98. The van der Waals surface area contributed by atoms with E-state index in [1.165, 1.54) is 11.3 Å². The van der Waals surface area contributed by atoms with Gasteiger partial charge in [-0.15, -0.1) is 0 Å². The second-order valence-corrected chi connectivity index (χ2v) is 6.06. The number of aromatic nitrogens is 5. The second kappa shape index (κ2) is 6.02. The lowest BCUT2D eigenvalue weighted by Gasteiger charge is -2.17. The number of nitrogens with zero attached hydrogens (tertiary/aromatic N) is 5. The highest BCUT2D eigenvalue weighted by molar-refractivity contribution is 5.50. The highest BCUT2D eigenvalue weighted by Crippen LogP contribution is 2.25. The van der Waals surface area contributed by atoms with E-state index in [2.05, 4.69) is 54.3 Å². The zero-order valence-corrected chi connectivity index (χ0v) is 14.5. The van der Waals surface area contributed by atoms with Crippen LogP contribution in [-0.4, -0.2) is 24.4 Å². The predicted octanol–water partition coefficient (Wildman–Crippen LogP) is 3.21. The van der Waals surface area contributed by atoms with E-state index in [-0.39, 0.29) is 6.04 Å². The molecule has 0 saturated heterocycles. The number of rotatable bonds is 5. The number of hydrogen-bond donors (Lipinski definition) is 1. The lowest BCUT2D eigenvalue weighted by Crippen LogP contribution is -2.13. The van der Waals surface area contributed by atoms with Crippen molar-refractivity contribution >= 4 is 11.5 Å². The number of fused-ring (bicyclic) bond motifs is 1. The number of anilines is 1. The van der Waals surface area contributed by atoms with Crippen molar-refractivity contribution in [3.63, 3.8) is 0 Å². The minimum Gasteiger partial charge on any atom is -0.363 e. The molecule has 0 amide bonds. The molecule has 3 aromatic heterocycles. The first-order valence-corrected chi connectivity index (χ1v) is 8.11. The topological polar surface area (TPSA) is 60.0 Å². The molecule has 1 atom stereocenters. The van der Waals surface area contributed by atoms with Gasteiger partial charge in [0.05, 0.1) is 17.9 Å². The van der Waals surface area contributed by atoms with Gasteiger partial charge in [-0.1, -0.05) is 13.3 Å². The molecular weight excluding hydrogens is 288 g/mol. The van der Waals surface area contributed by atoms with Crippen LogP contribution in [0.1, 0.15) is 49.0 Å². The van der Waals surface area contributed by atoms with Crippen molar-refractivity contribution in [1.29, 1.82) is 0 Å². The van der Waals surface area contributed by atoms with Crippen LogP contribution >= 0.6 is 0 Å². The Morgan fingerprint density at radius 1 is 1.30 bits per heavy atom. The van der Waals surface area contributed by atoms with Crippen molar-refractivity contribution in [3.8, 4) is 0 Å². The average Bonchev–Trinajstić information content (AvgIpc) is 3.05. The van der Waals surface area contributed by atoms with Crippen molar-refractivity contribution in [3.05, 3.63) is 41.0 Å². The van der Waals surface area contributed by atoms with E-state index in [1.54, 1.807) is 6.20 Å². The molecule has 23 heavy (non-hydrogen) atoms. The van der Waals surface area contributed by atoms with E-state index in [0.717, 1.165) is 35.7 Å². The van der Waals surface area contributed by atoms with E-state index in [9.17, 15) is 0 Å². The maximum absolute atomic E-state index is 4.65. The zero-order chi connectivity index (χ0) is 16.6. The Labute approximate surface area is 136 Å². The summed E-state index contributed by atoms with van der Waals surface area (Å²) in [6.45, 7) is 8.48. The lowest BCUT2D eigenvalue weighted by molar-refractivity contribution is 0.728. The van der Waals surface area contributed by atoms with Gasteiger partial charge in [0.15, 0.2) is 5.65 Å². The smallest absolute Gasteiger partial charge is 0.157 e. The summed E-state index contributed by atoms with van der Waals surface area (Å²) in [7, 11) is 1.98. The molecule has 122 valence electrons. The molecule has 0 unspecified atom stereocenters. The van der Waals surface area contributed by atoms with Gasteiger partial charge in [-0.3, -0.25) is 4.68 Å². The van der Waals surface area contributed by atoms with Crippen LogP contribution in [0.4, 0.5) is 5.82 Å². The van der Waals surface area contributed by atoms with Crippen LogP contribution in [0.2, 0.25) is 0 Å². The SMILES string of the molecule is CCCc1cc(N[C@H](C)c2c(C)nn(C)c2C)n2nccc2n1. The number of nitrogens with one attached hydrogen (secondary N) is 1. The van der Waals surface area contributed by atoms with Crippen LogP contribution in [0.25, 0.3) is 5.65 Å². The molecule has 1 N–H and O–H groups in total. The standard InChI is InChI=1S/C17H24N6/c1-6-7-14-10-16(23-15(20-14)8-9-18-23)19-11(2)17-12(3)21-22(5)13(17)4/h8-11,19H,6-7H2,1-5H3/t11-/m1/s1. The summed E-state index contributed by atoms with van der Waals surface area (Å²) in [5.74, 6) is 0.971. The minimum atomic E-state index is 0.146.